The van der Waals surface area contributed by atoms with Gasteiger partial charge in [-0.2, -0.15) is 0 Å². The van der Waals surface area contributed by atoms with Crippen LogP contribution >= 0.6 is 28.3 Å². The average molecular weight is 323 g/mol. The summed E-state index contributed by atoms with van der Waals surface area (Å²) in [5.41, 5.74) is 7.25. The van der Waals surface area contributed by atoms with Crippen LogP contribution in [-0.4, -0.2) is 6.79 Å². The molecule has 0 saturated carbocycles. The predicted octanol–water partition coefficient (Wildman–Crippen LogP) is 3.65. The molecule has 1 atom stereocenters. The first kappa shape index (κ1) is 14.6. The Kier molecular flexibility index (Phi) is 5.10. The largest absolute Gasteiger partial charge is 0.454 e. The lowest BCUT2D eigenvalue weighted by molar-refractivity contribution is 0.174. The van der Waals surface area contributed by atoms with Crippen LogP contribution in [0.2, 0.25) is 0 Å². The van der Waals surface area contributed by atoms with Crippen molar-refractivity contribution >= 4 is 28.3 Å². The van der Waals surface area contributed by atoms with E-state index in [9.17, 15) is 0 Å². The molecule has 17 heavy (non-hydrogen) atoms. The number of benzene rings is 1. The highest BCUT2D eigenvalue weighted by atomic mass is 79.9. The van der Waals surface area contributed by atoms with Gasteiger partial charge in [-0.05, 0) is 30.0 Å². The highest BCUT2D eigenvalue weighted by molar-refractivity contribution is 9.10. The van der Waals surface area contributed by atoms with Gasteiger partial charge in [0, 0.05) is 10.5 Å². The van der Waals surface area contributed by atoms with Crippen LogP contribution in [0.3, 0.4) is 0 Å². The summed E-state index contributed by atoms with van der Waals surface area (Å²) >= 11 is 3.52. The molecule has 1 aromatic carbocycles. The fourth-order valence-electron chi connectivity index (χ4n) is 1.85. The van der Waals surface area contributed by atoms with Crippen LogP contribution in [0.15, 0.2) is 16.6 Å². The summed E-state index contributed by atoms with van der Waals surface area (Å²) < 4.78 is 11.6. The third kappa shape index (κ3) is 3.27. The summed E-state index contributed by atoms with van der Waals surface area (Å²) in [7, 11) is 0. The van der Waals surface area contributed by atoms with Gasteiger partial charge >= 0.3 is 0 Å². The first-order chi connectivity index (χ1) is 7.58. The van der Waals surface area contributed by atoms with Gasteiger partial charge in [0.25, 0.3) is 0 Å². The summed E-state index contributed by atoms with van der Waals surface area (Å²) in [5, 5.41) is 0. The van der Waals surface area contributed by atoms with Gasteiger partial charge in [0.2, 0.25) is 6.79 Å². The molecule has 1 heterocycles. The van der Waals surface area contributed by atoms with Crippen molar-refractivity contribution in [1.29, 1.82) is 0 Å². The molecule has 1 aliphatic heterocycles. The van der Waals surface area contributed by atoms with Gasteiger partial charge in [0.05, 0.1) is 0 Å². The van der Waals surface area contributed by atoms with E-state index in [2.05, 4.69) is 29.8 Å². The summed E-state index contributed by atoms with van der Waals surface area (Å²) in [5.74, 6) is 2.15. The van der Waals surface area contributed by atoms with Gasteiger partial charge in [0.1, 0.15) is 0 Å². The van der Waals surface area contributed by atoms with Gasteiger partial charge in [0.15, 0.2) is 11.5 Å². The molecular formula is C12H17BrClNO2. The lowest BCUT2D eigenvalue weighted by atomic mass is 9.97. The average Bonchev–Trinajstić information content (AvgIpc) is 2.61. The number of fused-ring (bicyclic) bond motifs is 1. The number of halogens is 2. The first-order valence-electron chi connectivity index (χ1n) is 5.42. The summed E-state index contributed by atoms with van der Waals surface area (Å²) in [4.78, 5) is 0. The van der Waals surface area contributed by atoms with Gasteiger partial charge in [-0.25, -0.2) is 0 Å². The quantitative estimate of drug-likeness (QED) is 0.924. The lowest BCUT2D eigenvalue weighted by Crippen LogP contribution is -2.13. The molecule has 0 fully saturated rings. The molecule has 0 amide bonds. The van der Waals surface area contributed by atoms with Crippen molar-refractivity contribution in [3.8, 4) is 11.5 Å². The first-order valence-corrected chi connectivity index (χ1v) is 6.22. The Morgan fingerprint density at radius 1 is 1.29 bits per heavy atom. The second-order valence-corrected chi connectivity index (χ2v) is 5.32. The minimum absolute atomic E-state index is 0. The van der Waals surface area contributed by atoms with Crippen molar-refractivity contribution in [2.75, 3.05) is 6.79 Å². The predicted molar refractivity (Wildman–Crippen MR) is 73.9 cm³/mol. The number of hydrogen-bond acceptors (Lipinski definition) is 3. The second-order valence-electron chi connectivity index (χ2n) is 4.46. The SMILES string of the molecule is CC(C)C[C@@H](N)c1cc2c(cc1Br)OCO2.Cl. The topological polar surface area (TPSA) is 44.5 Å². The molecule has 0 unspecified atom stereocenters. The highest BCUT2D eigenvalue weighted by Crippen LogP contribution is 2.39. The second kappa shape index (κ2) is 5.94. The van der Waals surface area contributed by atoms with Gasteiger partial charge in [-0.1, -0.05) is 29.8 Å². The Labute approximate surface area is 116 Å². The Morgan fingerprint density at radius 3 is 2.47 bits per heavy atom. The maximum atomic E-state index is 6.16. The minimum atomic E-state index is 0. The zero-order valence-electron chi connectivity index (χ0n) is 9.90. The molecule has 0 spiro atoms. The minimum Gasteiger partial charge on any atom is -0.454 e. The maximum Gasteiger partial charge on any atom is 0.231 e. The van der Waals surface area contributed by atoms with Gasteiger partial charge < -0.3 is 15.2 Å². The van der Waals surface area contributed by atoms with E-state index in [1.165, 1.54) is 0 Å². The lowest BCUT2D eigenvalue weighted by Gasteiger charge is -2.16. The molecule has 2 rings (SSSR count). The summed E-state index contributed by atoms with van der Waals surface area (Å²) in [6.07, 6.45) is 0.957. The molecule has 1 aliphatic rings. The Bertz CT molecular complexity index is 398. The molecule has 1 aromatic rings. The van der Waals surface area contributed by atoms with Crippen LogP contribution in [0.25, 0.3) is 0 Å². The zero-order chi connectivity index (χ0) is 11.7. The van der Waals surface area contributed by atoms with Gasteiger partial charge in [-0.15, -0.1) is 12.4 Å². The van der Waals surface area contributed by atoms with E-state index in [0.717, 1.165) is 28.0 Å². The molecule has 2 N–H and O–H groups in total. The normalized spacial score (nSPS) is 14.6. The van der Waals surface area contributed by atoms with E-state index in [-0.39, 0.29) is 18.4 Å². The van der Waals surface area contributed by atoms with Crippen LogP contribution in [0.4, 0.5) is 0 Å². The molecule has 0 saturated heterocycles. The Morgan fingerprint density at radius 2 is 1.88 bits per heavy atom. The van der Waals surface area contributed by atoms with E-state index in [0.29, 0.717) is 12.7 Å². The molecule has 0 bridgehead atoms. The van der Waals surface area contributed by atoms with E-state index >= 15 is 0 Å². The number of rotatable bonds is 3. The van der Waals surface area contributed by atoms with Crippen molar-refractivity contribution in [2.45, 2.75) is 26.3 Å². The Balaban J connectivity index is 0.00000144. The van der Waals surface area contributed by atoms with Crippen LogP contribution in [-0.2, 0) is 0 Å². The molecule has 0 radical (unpaired) electrons. The molecular weight excluding hydrogens is 305 g/mol. The van der Waals surface area contributed by atoms with Crippen molar-refractivity contribution in [3.05, 3.63) is 22.2 Å². The summed E-state index contributed by atoms with van der Waals surface area (Å²) in [6, 6.07) is 3.93. The van der Waals surface area contributed by atoms with Crippen LogP contribution in [0.1, 0.15) is 31.9 Å². The van der Waals surface area contributed by atoms with Crippen molar-refractivity contribution in [2.24, 2.45) is 11.7 Å². The number of nitrogens with two attached hydrogens (primary N) is 1. The fraction of sp³-hybridized carbons (Fsp3) is 0.500. The monoisotopic (exact) mass is 321 g/mol. The molecule has 96 valence electrons. The maximum absolute atomic E-state index is 6.16. The van der Waals surface area contributed by atoms with E-state index < -0.39 is 0 Å². The molecule has 3 nitrogen and oxygen atoms in total. The summed E-state index contributed by atoms with van der Waals surface area (Å²) in [6.45, 7) is 4.63. The smallest absolute Gasteiger partial charge is 0.231 e. The molecule has 0 aromatic heterocycles. The van der Waals surface area contributed by atoms with E-state index in [1.54, 1.807) is 0 Å². The third-order valence-electron chi connectivity index (χ3n) is 2.62. The van der Waals surface area contributed by atoms with Crippen LogP contribution in [0.5, 0.6) is 11.5 Å². The van der Waals surface area contributed by atoms with Crippen molar-refractivity contribution in [3.63, 3.8) is 0 Å². The van der Waals surface area contributed by atoms with Gasteiger partial charge in [-0.3, -0.25) is 0 Å². The van der Waals surface area contributed by atoms with E-state index in [1.807, 2.05) is 12.1 Å². The number of ether oxygens (including phenoxy) is 2. The van der Waals surface area contributed by atoms with Crippen LogP contribution < -0.4 is 15.2 Å². The third-order valence-corrected chi connectivity index (χ3v) is 3.30. The standard InChI is InChI=1S/C12H16BrNO2.ClH/c1-7(2)3-10(14)8-4-11-12(5-9(8)13)16-6-15-11;/h4-5,7,10H,3,6,14H2,1-2H3;1H/t10-;/m1./s1. The number of hydrogen-bond donors (Lipinski definition) is 1. The van der Waals surface area contributed by atoms with Crippen molar-refractivity contribution in [1.82, 2.24) is 0 Å². The van der Waals surface area contributed by atoms with Crippen molar-refractivity contribution < 1.29 is 9.47 Å². The fourth-order valence-corrected chi connectivity index (χ4v) is 2.47. The van der Waals surface area contributed by atoms with E-state index in [4.69, 9.17) is 15.2 Å². The Hall–Kier alpha value is -0.450. The molecule has 5 heteroatoms. The van der Waals surface area contributed by atoms with Crippen LogP contribution in [0, 0.1) is 5.92 Å². The zero-order valence-corrected chi connectivity index (χ0v) is 12.3. The highest BCUT2D eigenvalue weighted by Gasteiger charge is 2.19. The molecule has 0 aliphatic carbocycles.